The zero-order valence-electron chi connectivity index (χ0n) is 11.7. The Bertz CT molecular complexity index is 820. The van der Waals surface area contributed by atoms with Gasteiger partial charge in [0.1, 0.15) is 0 Å². The van der Waals surface area contributed by atoms with Crippen LogP contribution in [0.2, 0.25) is 0 Å². The summed E-state index contributed by atoms with van der Waals surface area (Å²) in [5, 5.41) is 0. The van der Waals surface area contributed by atoms with Gasteiger partial charge < -0.3 is 14.4 Å². The first-order chi connectivity index (χ1) is 11.0. The van der Waals surface area contributed by atoms with Crippen molar-refractivity contribution < 1.29 is 28.5 Å². The quantitative estimate of drug-likeness (QED) is 0.672. The van der Waals surface area contributed by atoms with Crippen molar-refractivity contribution in [2.45, 2.75) is 11.7 Å². The van der Waals surface area contributed by atoms with Gasteiger partial charge in [-0.1, -0.05) is 36.4 Å². The lowest BCUT2D eigenvalue weighted by atomic mass is 10.1. The number of carbonyl (C=O) groups is 2. The van der Waals surface area contributed by atoms with Crippen molar-refractivity contribution in [3.63, 3.8) is 0 Å². The molecule has 4 rings (SSSR count). The summed E-state index contributed by atoms with van der Waals surface area (Å²) in [6.07, 6.45) is 0. The molecule has 2 atom stereocenters. The molecule has 7 heteroatoms. The molecule has 2 unspecified atom stereocenters. The van der Waals surface area contributed by atoms with Gasteiger partial charge in [0.05, 0.1) is 11.1 Å². The van der Waals surface area contributed by atoms with Crippen molar-refractivity contribution in [1.82, 2.24) is 0 Å². The van der Waals surface area contributed by atoms with E-state index in [0.29, 0.717) is 11.1 Å². The van der Waals surface area contributed by atoms with Crippen LogP contribution in [0, 0.1) is 0 Å². The minimum atomic E-state index is -4.21. The van der Waals surface area contributed by atoms with Crippen LogP contribution in [0.1, 0.15) is 43.5 Å². The lowest BCUT2D eigenvalue weighted by Crippen LogP contribution is -2.08. The summed E-state index contributed by atoms with van der Waals surface area (Å²) in [7, 11) is -4.21. The molecule has 0 spiro atoms. The van der Waals surface area contributed by atoms with Crippen molar-refractivity contribution in [2.24, 2.45) is 0 Å². The zero-order valence-corrected chi connectivity index (χ0v) is 12.6. The van der Waals surface area contributed by atoms with Gasteiger partial charge in [-0.2, -0.15) is 0 Å². The van der Waals surface area contributed by atoms with Crippen molar-refractivity contribution in [3.8, 4) is 0 Å². The maximum absolute atomic E-state index is 13.0. The van der Waals surface area contributed by atoms with Gasteiger partial charge >= 0.3 is 11.9 Å². The largest absolute Gasteiger partial charge is 0.443 e. The Balaban J connectivity index is 1.80. The van der Waals surface area contributed by atoms with Crippen LogP contribution in [0.25, 0.3) is 0 Å². The van der Waals surface area contributed by atoms with Crippen molar-refractivity contribution in [3.05, 3.63) is 70.8 Å². The zero-order chi connectivity index (χ0) is 16.2. The summed E-state index contributed by atoms with van der Waals surface area (Å²) in [5.74, 6) is -3.99. The first kappa shape index (κ1) is 14.2. The predicted octanol–water partition coefficient (Wildman–Crippen LogP) is 3.00. The van der Waals surface area contributed by atoms with Crippen LogP contribution in [0.3, 0.4) is 0 Å². The van der Waals surface area contributed by atoms with Gasteiger partial charge in [0, 0.05) is 11.1 Å². The molecule has 0 fully saturated rings. The van der Waals surface area contributed by atoms with E-state index in [-0.39, 0.29) is 11.1 Å². The third-order valence-electron chi connectivity index (χ3n) is 4.00. The molecule has 2 heterocycles. The number of rotatable bonds is 2. The summed E-state index contributed by atoms with van der Waals surface area (Å²) < 4.78 is 23.3. The lowest BCUT2D eigenvalue weighted by Gasteiger charge is -2.23. The molecule has 2 aromatic rings. The Labute approximate surface area is 131 Å². The second-order valence-electron chi connectivity index (χ2n) is 5.36. The Morgan fingerprint density at radius 1 is 0.783 bits per heavy atom. The molecule has 2 aliphatic rings. The van der Waals surface area contributed by atoms with Crippen LogP contribution in [0.4, 0.5) is 0 Å². The maximum atomic E-state index is 13.0. The van der Waals surface area contributed by atoms with Gasteiger partial charge in [0.2, 0.25) is 11.7 Å². The number of fused-ring (bicyclic) bond motifs is 2. The fourth-order valence-electron chi connectivity index (χ4n) is 2.93. The number of hydrogen-bond acceptors (Lipinski definition) is 5. The number of cyclic esters (lactones) is 2. The number of carbonyl (C=O) groups excluding carboxylic acids is 2. The molecule has 0 bridgehead atoms. The predicted molar refractivity (Wildman–Crippen MR) is 79.0 cm³/mol. The van der Waals surface area contributed by atoms with Crippen molar-refractivity contribution in [1.29, 1.82) is 0 Å². The molecule has 0 radical (unpaired) electrons. The molecule has 0 saturated carbocycles. The minimum absolute atomic E-state index is 0.254. The molecular weight excluding hydrogens is 319 g/mol. The smallest absolute Gasteiger partial charge is 0.339 e. The van der Waals surface area contributed by atoms with E-state index in [1.165, 1.54) is 12.1 Å². The first-order valence-electron chi connectivity index (χ1n) is 6.92. The standard InChI is InChI=1S/C16H11O6P/c17-13-9-5-1-3-7-11(9)15(21-13)23(19,20)16-12-8-4-2-6-10(12)14(18)22-16/h1-8,15-16H,(H,19,20). The summed E-state index contributed by atoms with van der Waals surface area (Å²) >= 11 is 0. The third kappa shape index (κ3) is 1.96. The van der Waals surface area contributed by atoms with Gasteiger partial charge in [-0.25, -0.2) is 9.59 Å². The molecule has 1 N–H and O–H groups in total. The summed E-state index contributed by atoms with van der Waals surface area (Å²) in [5.41, 5.74) is 1.18. The molecule has 6 nitrogen and oxygen atoms in total. The summed E-state index contributed by atoms with van der Waals surface area (Å²) in [4.78, 5) is 34.4. The van der Waals surface area contributed by atoms with E-state index in [1.807, 2.05) is 0 Å². The second kappa shape index (κ2) is 4.78. The van der Waals surface area contributed by atoms with Gasteiger partial charge in [-0.15, -0.1) is 0 Å². The summed E-state index contributed by atoms with van der Waals surface area (Å²) in [6.45, 7) is 0. The second-order valence-corrected chi connectivity index (χ2v) is 7.65. The minimum Gasteiger partial charge on any atom is -0.443 e. The van der Waals surface area contributed by atoms with Crippen LogP contribution >= 0.6 is 7.37 Å². The highest BCUT2D eigenvalue weighted by Gasteiger charge is 2.53. The fraction of sp³-hybridized carbons (Fsp3) is 0.125. The number of ether oxygens (including phenoxy) is 2. The highest BCUT2D eigenvalue weighted by Crippen LogP contribution is 2.69. The van der Waals surface area contributed by atoms with Gasteiger partial charge in [0.25, 0.3) is 7.37 Å². The molecule has 0 amide bonds. The topological polar surface area (TPSA) is 89.9 Å². The average Bonchev–Trinajstić information content (AvgIpc) is 3.08. The molecular formula is C16H11O6P. The van der Waals surface area contributed by atoms with Gasteiger partial charge in [0.15, 0.2) is 0 Å². The van der Waals surface area contributed by atoms with E-state index in [2.05, 4.69) is 0 Å². The van der Waals surface area contributed by atoms with Crippen molar-refractivity contribution >= 4 is 19.3 Å². The van der Waals surface area contributed by atoms with Crippen LogP contribution in [-0.4, -0.2) is 16.8 Å². The molecule has 23 heavy (non-hydrogen) atoms. The van der Waals surface area contributed by atoms with Crippen LogP contribution in [0.15, 0.2) is 48.5 Å². The van der Waals surface area contributed by atoms with E-state index in [1.54, 1.807) is 36.4 Å². The van der Waals surface area contributed by atoms with E-state index >= 15 is 0 Å². The van der Waals surface area contributed by atoms with Crippen LogP contribution < -0.4 is 0 Å². The van der Waals surface area contributed by atoms with E-state index < -0.39 is 31.0 Å². The summed E-state index contributed by atoms with van der Waals surface area (Å²) in [6, 6.07) is 12.8. The van der Waals surface area contributed by atoms with Gasteiger partial charge in [-0.05, 0) is 12.1 Å². The highest BCUT2D eigenvalue weighted by molar-refractivity contribution is 7.58. The Morgan fingerprint density at radius 3 is 1.61 bits per heavy atom. The number of benzene rings is 2. The average molecular weight is 330 g/mol. The van der Waals surface area contributed by atoms with Gasteiger partial charge in [-0.3, -0.25) is 4.57 Å². The Kier molecular flexibility index (Phi) is 2.95. The van der Waals surface area contributed by atoms with E-state index in [9.17, 15) is 19.0 Å². The maximum Gasteiger partial charge on any atom is 0.339 e. The molecule has 0 aromatic heterocycles. The Morgan fingerprint density at radius 2 is 1.17 bits per heavy atom. The number of esters is 2. The normalized spacial score (nSPS) is 24.4. The molecule has 0 saturated heterocycles. The van der Waals surface area contributed by atoms with E-state index in [4.69, 9.17) is 9.47 Å². The van der Waals surface area contributed by atoms with E-state index in [0.717, 1.165) is 0 Å². The molecule has 0 aliphatic carbocycles. The third-order valence-corrected chi connectivity index (χ3v) is 6.11. The monoisotopic (exact) mass is 330 g/mol. The van der Waals surface area contributed by atoms with Crippen LogP contribution in [0.5, 0.6) is 0 Å². The SMILES string of the molecule is O=C1OC(P(=O)(O)C2OC(=O)c3ccccc32)c2ccccc21. The highest BCUT2D eigenvalue weighted by atomic mass is 31.2. The molecule has 2 aliphatic heterocycles. The fourth-order valence-corrected chi connectivity index (χ4v) is 4.91. The Hall–Kier alpha value is -2.43. The lowest BCUT2D eigenvalue weighted by molar-refractivity contribution is 0.0422. The first-order valence-corrected chi connectivity index (χ1v) is 8.72. The number of hydrogen-bond donors (Lipinski definition) is 1. The van der Waals surface area contributed by atoms with Crippen molar-refractivity contribution in [2.75, 3.05) is 0 Å². The molecule has 116 valence electrons. The van der Waals surface area contributed by atoms with Crippen LogP contribution in [-0.2, 0) is 14.0 Å². The molecule has 2 aromatic carbocycles.